The molecule has 0 radical (unpaired) electrons. The zero-order chi connectivity index (χ0) is 7.71. The number of rotatable bonds is 2. The standard InChI is InChI=1S/C2H8O5S2/c1-8(3,4)7-9(2,5)6/h8H,1-2H3,(H,3,4). The quantitative estimate of drug-likeness (QED) is 0.527. The first-order valence-electron chi connectivity index (χ1n) is 1.92. The van der Waals surface area contributed by atoms with Crippen LogP contribution in [0.5, 0.6) is 0 Å². The summed E-state index contributed by atoms with van der Waals surface area (Å²) in [7, 11) is -7.67. The number of thiol groups is 1. The first kappa shape index (κ1) is 9.02. The van der Waals surface area contributed by atoms with Gasteiger partial charge < -0.3 is 4.55 Å². The van der Waals surface area contributed by atoms with Crippen LogP contribution in [0.4, 0.5) is 0 Å². The highest BCUT2D eigenvalue weighted by Gasteiger charge is 2.09. The molecule has 0 saturated heterocycles. The van der Waals surface area contributed by atoms with Crippen molar-refractivity contribution in [2.75, 3.05) is 12.5 Å². The third kappa shape index (κ3) is 8.02. The van der Waals surface area contributed by atoms with Crippen molar-refractivity contribution in [3.63, 3.8) is 0 Å². The monoisotopic (exact) mass is 176 g/mol. The van der Waals surface area contributed by atoms with Crippen molar-refractivity contribution in [1.82, 2.24) is 0 Å². The molecule has 0 spiro atoms. The Hall–Kier alpha value is 0.0200. The zero-order valence-electron chi connectivity index (χ0n) is 4.94. The van der Waals surface area contributed by atoms with E-state index in [0.717, 1.165) is 6.26 Å². The van der Waals surface area contributed by atoms with Gasteiger partial charge in [-0.05, 0) is 0 Å². The van der Waals surface area contributed by atoms with E-state index >= 15 is 0 Å². The predicted molar refractivity (Wildman–Crippen MR) is 34.0 cm³/mol. The molecule has 58 valence electrons. The van der Waals surface area contributed by atoms with E-state index in [2.05, 4.69) is 3.63 Å². The molecule has 0 atom stereocenters. The van der Waals surface area contributed by atoms with Gasteiger partial charge in [0.1, 0.15) is 0 Å². The maximum absolute atomic E-state index is 10.2. The van der Waals surface area contributed by atoms with E-state index in [-0.39, 0.29) is 0 Å². The summed E-state index contributed by atoms with van der Waals surface area (Å²) in [6.07, 6.45) is 1.51. The Bertz CT molecular complexity index is 219. The molecular formula is C2H8O5S2. The van der Waals surface area contributed by atoms with Crippen LogP contribution in [-0.4, -0.2) is 29.7 Å². The highest BCUT2D eigenvalue weighted by molar-refractivity contribution is 8.02. The summed E-state index contributed by atoms with van der Waals surface area (Å²) in [6, 6.07) is 0. The average Bonchev–Trinajstić information content (AvgIpc) is 1.14. The lowest BCUT2D eigenvalue weighted by Gasteiger charge is -2.08. The minimum atomic E-state index is -3.88. The highest BCUT2D eigenvalue weighted by Crippen LogP contribution is 1.99. The molecule has 0 bridgehead atoms. The third-order valence-corrected chi connectivity index (χ3v) is 2.46. The van der Waals surface area contributed by atoms with E-state index < -0.39 is 20.6 Å². The summed E-state index contributed by atoms with van der Waals surface area (Å²) in [5.41, 5.74) is 0. The lowest BCUT2D eigenvalue weighted by molar-refractivity contribution is 0.429. The van der Waals surface area contributed by atoms with E-state index in [0.29, 0.717) is 6.26 Å². The molecule has 5 nitrogen and oxygen atoms in total. The van der Waals surface area contributed by atoms with Crippen LogP contribution in [0, 0.1) is 0 Å². The maximum atomic E-state index is 10.2. The van der Waals surface area contributed by atoms with Crippen LogP contribution >= 0.6 is 0 Å². The topological polar surface area (TPSA) is 80.7 Å². The molecule has 0 saturated carbocycles. The van der Waals surface area contributed by atoms with Gasteiger partial charge in [-0.3, -0.25) is 0 Å². The molecule has 0 amide bonds. The van der Waals surface area contributed by atoms with Crippen molar-refractivity contribution in [3.8, 4) is 0 Å². The van der Waals surface area contributed by atoms with Crippen LogP contribution in [0.2, 0.25) is 0 Å². The fraction of sp³-hybridized carbons (Fsp3) is 1.00. The Kier molecular flexibility index (Phi) is 2.34. The van der Waals surface area contributed by atoms with Crippen LogP contribution < -0.4 is 0 Å². The molecule has 0 aliphatic carbocycles. The average molecular weight is 176 g/mol. The van der Waals surface area contributed by atoms with E-state index in [1.54, 1.807) is 0 Å². The van der Waals surface area contributed by atoms with Crippen LogP contribution in [0.1, 0.15) is 0 Å². The smallest absolute Gasteiger partial charge is 0.277 e. The van der Waals surface area contributed by atoms with E-state index in [1.807, 2.05) is 0 Å². The van der Waals surface area contributed by atoms with Crippen LogP contribution in [0.15, 0.2) is 0 Å². The van der Waals surface area contributed by atoms with Gasteiger partial charge in [-0.2, -0.15) is 12.0 Å². The highest BCUT2D eigenvalue weighted by atomic mass is 32.3. The van der Waals surface area contributed by atoms with Crippen molar-refractivity contribution >= 4 is 20.6 Å². The summed E-state index contributed by atoms with van der Waals surface area (Å²) < 4.78 is 42.4. The molecule has 0 aromatic carbocycles. The molecule has 0 fully saturated rings. The second-order valence-corrected chi connectivity index (χ2v) is 5.19. The number of hydrogen-bond donors (Lipinski definition) is 2. The molecule has 7 heteroatoms. The molecule has 0 aromatic rings. The van der Waals surface area contributed by atoms with Crippen LogP contribution in [-0.2, 0) is 24.2 Å². The molecule has 1 N–H and O–H groups in total. The van der Waals surface area contributed by atoms with Crippen molar-refractivity contribution in [2.24, 2.45) is 0 Å². The van der Waals surface area contributed by atoms with Gasteiger partial charge >= 0.3 is 0 Å². The minimum Gasteiger partial charge on any atom is -0.309 e. The molecular weight excluding hydrogens is 168 g/mol. The van der Waals surface area contributed by atoms with E-state index in [1.165, 1.54) is 0 Å². The zero-order valence-corrected chi connectivity index (χ0v) is 6.65. The first-order valence-corrected chi connectivity index (χ1v) is 5.76. The Morgan fingerprint density at radius 3 is 1.89 bits per heavy atom. The molecule has 9 heavy (non-hydrogen) atoms. The summed E-state index contributed by atoms with van der Waals surface area (Å²) >= 11 is 0. The predicted octanol–water partition coefficient (Wildman–Crippen LogP) is -1.00. The second-order valence-electron chi connectivity index (χ2n) is 1.58. The van der Waals surface area contributed by atoms with Gasteiger partial charge in [0.15, 0.2) is 0 Å². The largest absolute Gasteiger partial charge is 0.309 e. The third-order valence-electron chi connectivity index (χ3n) is 0.274. The maximum Gasteiger partial charge on any atom is 0.277 e. The molecule has 0 unspecified atom stereocenters. The lowest BCUT2D eigenvalue weighted by atomic mass is 12.0. The fourth-order valence-electron chi connectivity index (χ4n) is 0.251. The molecule has 0 aromatic heterocycles. The molecule has 0 rings (SSSR count). The van der Waals surface area contributed by atoms with Gasteiger partial charge in [0, 0.05) is 6.26 Å². The molecule has 0 aliphatic rings. The lowest BCUT2D eigenvalue weighted by Crippen LogP contribution is -2.16. The van der Waals surface area contributed by atoms with Gasteiger partial charge in [-0.15, -0.1) is 0 Å². The van der Waals surface area contributed by atoms with Crippen molar-refractivity contribution in [1.29, 1.82) is 0 Å². The minimum absolute atomic E-state index is 0.708. The van der Waals surface area contributed by atoms with Crippen molar-refractivity contribution in [3.05, 3.63) is 0 Å². The normalized spacial score (nSPS) is 15.4. The Morgan fingerprint density at radius 2 is 1.89 bits per heavy atom. The molecule has 0 heterocycles. The Labute approximate surface area is 54.6 Å². The van der Waals surface area contributed by atoms with Gasteiger partial charge in [0.2, 0.25) is 0 Å². The second kappa shape index (κ2) is 2.33. The van der Waals surface area contributed by atoms with Gasteiger partial charge in [0.25, 0.3) is 10.1 Å². The summed E-state index contributed by atoms with van der Waals surface area (Å²) in [5.74, 6) is 0. The fourth-order valence-corrected chi connectivity index (χ4v) is 2.26. The van der Waals surface area contributed by atoms with Crippen molar-refractivity contribution in [2.45, 2.75) is 0 Å². The van der Waals surface area contributed by atoms with Crippen molar-refractivity contribution < 1.29 is 20.8 Å². The molecule has 0 aliphatic heterocycles. The van der Waals surface area contributed by atoms with E-state index in [4.69, 9.17) is 4.55 Å². The summed E-state index contributed by atoms with van der Waals surface area (Å²) in [5, 5.41) is 0. The SMILES string of the molecule is CS(=O)(=O)O[SH](C)(=O)O. The van der Waals surface area contributed by atoms with E-state index in [9.17, 15) is 12.6 Å². The van der Waals surface area contributed by atoms with Gasteiger partial charge in [-0.25, -0.2) is 4.21 Å². The van der Waals surface area contributed by atoms with Gasteiger partial charge in [0.05, 0.1) is 16.8 Å². The number of hydrogen-bond acceptors (Lipinski definition) is 4. The Balaban J connectivity index is 4.26. The van der Waals surface area contributed by atoms with Crippen LogP contribution in [0.25, 0.3) is 0 Å². The van der Waals surface area contributed by atoms with Gasteiger partial charge in [-0.1, -0.05) is 0 Å². The first-order chi connectivity index (χ1) is 3.71. The Morgan fingerprint density at radius 1 is 1.56 bits per heavy atom. The summed E-state index contributed by atoms with van der Waals surface area (Å²) in [4.78, 5) is 0. The summed E-state index contributed by atoms with van der Waals surface area (Å²) in [6.45, 7) is 0. The van der Waals surface area contributed by atoms with Crippen LogP contribution in [0.3, 0.4) is 0 Å².